The second kappa shape index (κ2) is 6.06. The van der Waals surface area contributed by atoms with Crippen LogP contribution in [0.15, 0.2) is 22.4 Å². The minimum absolute atomic E-state index is 0.140. The predicted molar refractivity (Wildman–Crippen MR) is 84.6 cm³/mol. The fourth-order valence-corrected chi connectivity index (χ4v) is 2.65. The van der Waals surface area contributed by atoms with Crippen molar-refractivity contribution in [2.75, 3.05) is 6.54 Å². The van der Waals surface area contributed by atoms with E-state index >= 15 is 0 Å². The van der Waals surface area contributed by atoms with Crippen LogP contribution in [0.25, 0.3) is 0 Å². The van der Waals surface area contributed by atoms with E-state index in [4.69, 9.17) is 28.6 Å². The van der Waals surface area contributed by atoms with Gasteiger partial charge in [-0.1, -0.05) is 11.6 Å². The van der Waals surface area contributed by atoms with Gasteiger partial charge in [0.25, 0.3) is 0 Å². The van der Waals surface area contributed by atoms with Crippen molar-refractivity contribution in [1.82, 2.24) is 4.90 Å². The van der Waals surface area contributed by atoms with E-state index in [1.165, 1.54) is 0 Å². The lowest BCUT2D eigenvalue weighted by atomic mass is 10.1. The van der Waals surface area contributed by atoms with E-state index in [9.17, 15) is 0 Å². The van der Waals surface area contributed by atoms with E-state index in [0.717, 1.165) is 28.4 Å². The van der Waals surface area contributed by atoms with E-state index in [1.54, 1.807) is 0 Å². The van der Waals surface area contributed by atoms with Crippen LogP contribution in [0.5, 0.6) is 5.75 Å². The number of thiocarbonyl (C=S) groups is 1. The Morgan fingerprint density at radius 2 is 2.00 bits per heavy atom. The lowest BCUT2D eigenvalue weighted by Crippen LogP contribution is -2.42. The number of ether oxygens (including phenoxy) is 1. The molecule has 0 bridgehead atoms. The van der Waals surface area contributed by atoms with Gasteiger partial charge in [-0.05, 0) is 63.2 Å². The maximum Gasteiger partial charge on any atom is 0.217 e. The molecule has 2 rings (SSSR count). The first kappa shape index (κ1) is 15.2. The largest absolute Gasteiger partial charge is 0.486 e. The Hall–Kier alpha value is -1.20. The monoisotopic (exact) mass is 311 g/mol. The Labute approximate surface area is 129 Å². The number of rotatable bonds is 4. The van der Waals surface area contributed by atoms with Crippen LogP contribution in [-0.2, 0) is 0 Å². The summed E-state index contributed by atoms with van der Waals surface area (Å²) in [5.74, 6) is 0.793. The molecular weight excluding hydrogens is 294 g/mol. The van der Waals surface area contributed by atoms with Crippen LogP contribution in [0.4, 0.5) is 0 Å². The molecule has 0 saturated heterocycles. The minimum Gasteiger partial charge on any atom is -0.486 e. The molecular formula is C14H18ClN3OS. The molecule has 4 nitrogen and oxygen atoms in total. The maximum atomic E-state index is 6.16. The summed E-state index contributed by atoms with van der Waals surface area (Å²) in [6, 6.07) is 3.87. The van der Waals surface area contributed by atoms with Gasteiger partial charge in [0.1, 0.15) is 11.9 Å². The van der Waals surface area contributed by atoms with Gasteiger partial charge in [0, 0.05) is 11.6 Å². The zero-order valence-electron chi connectivity index (χ0n) is 12.1. The molecule has 2 unspecified atom stereocenters. The highest BCUT2D eigenvalue weighted by molar-refractivity contribution is 7.80. The van der Waals surface area contributed by atoms with Gasteiger partial charge in [-0.3, -0.25) is 0 Å². The molecule has 1 aliphatic heterocycles. The number of hydrogen-bond acceptors (Lipinski definition) is 3. The molecule has 2 atom stereocenters. The van der Waals surface area contributed by atoms with Crippen molar-refractivity contribution in [3.8, 4) is 5.75 Å². The second-order valence-electron chi connectivity index (χ2n) is 4.89. The Kier molecular flexibility index (Phi) is 4.60. The van der Waals surface area contributed by atoms with E-state index < -0.39 is 0 Å². The summed E-state index contributed by atoms with van der Waals surface area (Å²) < 4.78 is 5.98. The minimum atomic E-state index is -0.163. The highest BCUT2D eigenvalue weighted by Gasteiger charge is 2.31. The van der Waals surface area contributed by atoms with Crippen molar-refractivity contribution in [3.05, 3.63) is 28.3 Å². The molecule has 0 aliphatic carbocycles. The summed E-state index contributed by atoms with van der Waals surface area (Å²) in [6.45, 7) is 8.70. The first-order valence-corrected chi connectivity index (χ1v) is 7.37. The molecule has 6 heteroatoms. The van der Waals surface area contributed by atoms with Crippen LogP contribution in [0.2, 0.25) is 5.02 Å². The van der Waals surface area contributed by atoms with Crippen molar-refractivity contribution in [1.29, 1.82) is 0 Å². The van der Waals surface area contributed by atoms with E-state index in [1.807, 2.05) is 44.7 Å². The third-order valence-electron chi connectivity index (χ3n) is 3.32. The van der Waals surface area contributed by atoms with Crippen LogP contribution in [0.1, 0.15) is 25.0 Å². The molecule has 0 fully saturated rings. The van der Waals surface area contributed by atoms with E-state index in [0.29, 0.717) is 5.11 Å². The van der Waals surface area contributed by atoms with Gasteiger partial charge in [-0.25, -0.2) is 0 Å². The molecule has 0 amide bonds. The zero-order valence-corrected chi connectivity index (χ0v) is 13.6. The maximum absolute atomic E-state index is 6.16. The number of hydrogen-bond donors (Lipinski definition) is 0. The summed E-state index contributed by atoms with van der Waals surface area (Å²) in [7, 11) is 0. The van der Waals surface area contributed by atoms with Crippen LogP contribution < -0.4 is 4.74 Å². The summed E-state index contributed by atoms with van der Waals surface area (Å²) >= 11 is 11.3. The van der Waals surface area contributed by atoms with Crippen LogP contribution in [0, 0.1) is 13.8 Å². The molecule has 1 aliphatic rings. The summed E-state index contributed by atoms with van der Waals surface area (Å²) in [5.41, 5.74) is 2.01. The Bertz CT molecular complexity index is 538. The molecule has 0 N–H and O–H groups in total. The second-order valence-corrected chi connectivity index (χ2v) is 5.63. The molecule has 1 aromatic carbocycles. The number of aryl methyl sites for hydroxylation is 2. The standard InChI is InChI=1S/C14H18ClN3OS/c1-5-18-13(16-17-14(18)20)10(4)19-11-6-8(2)12(15)9(3)7-11/h6-7,10,13H,5H2,1-4H3. The topological polar surface area (TPSA) is 37.2 Å². The van der Waals surface area contributed by atoms with E-state index in [2.05, 4.69) is 10.2 Å². The molecule has 0 radical (unpaired) electrons. The smallest absolute Gasteiger partial charge is 0.217 e. The molecule has 108 valence electrons. The molecule has 0 saturated carbocycles. The van der Waals surface area contributed by atoms with Crippen LogP contribution in [-0.4, -0.2) is 28.8 Å². The zero-order chi connectivity index (χ0) is 14.9. The Balaban J connectivity index is 2.14. The quantitative estimate of drug-likeness (QED) is 0.785. The molecule has 0 aromatic heterocycles. The van der Waals surface area contributed by atoms with Gasteiger partial charge < -0.3 is 9.64 Å². The molecule has 1 heterocycles. The number of benzene rings is 1. The van der Waals surface area contributed by atoms with Crippen molar-refractivity contribution >= 4 is 28.9 Å². The van der Waals surface area contributed by atoms with Crippen molar-refractivity contribution in [2.45, 2.75) is 40.0 Å². The van der Waals surface area contributed by atoms with Gasteiger partial charge in [-0.2, -0.15) is 5.11 Å². The molecule has 1 aromatic rings. The van der Waals surface area contributed by atoms with Gasteiger partial charge in [0.2, 0.25) is 5.11 Å². The van der Waals surface area contributed by atoms with Crippen molar-refractivity contribution < 1.29 is 4.74 Å². The number of halogens is 1. The Morgan fingerprint density at radius 3 is 2.55 bits per heavy atom. The summed E-state index contributed by atoms with van der Waals surface area (Å²) in [5, 5.41) is 9.45. The number of azo groups is 1. The predicted octanol–water partition coefficient (Wildman–Crippen LogP) is 4.12. The van der Waals surface area contributed by atoms with Crippen molar-refractivity contribution in [2.24, 2.45) is 10.2 Å². The van der Waals surface area contributed by atoms with Gasteiger partial charge >= 0.3 is 0 Å². The SMILES string of the molecule is CCN1C(=S)N=NC1C(C)Oc1cc(C)c(Cl)c(C)c1. The average molecular weight is 312 g/mol. The lowest BCUT2D eigenvalue weighted by molar-refractivity contribution is 0.133. The lowest BCUT2D eigenvalue weighted by Gasteiger charge is -2.27. The molecule has 0 spiro atoms. The number of likely N-dealkylation sites (N-methyl/N-ethyl adjacent to an activating group) is 1. The highest BCUT2D eigenvalue weighted by Crippen LogP contribution is 2.28. The van der Waals surface area contributed by atoms with Crippen LogP contribution in [0.3, 0.4) is 0 Å². The van der Waals surface area contributed by atoms with Crippen molar-refractivity contribution in [3.63, 3.8) is 0 Å². The van der Waals surface area contributed by atoms with Gasteiger partial charge in [-0.15, -0.1) is 5.11 Å². The van der Waals surface area contributed by atoms with Gasteiger partial charge in [0.15, 0.2) is 6.17 Å². The fraction of sp³-hybridized carbons (Fsp3) is 0.500. The Morgan fingerprint density at radius 1 is 1.40 bits per heavy atom. The summed E-state index contributed by atoms with van der Waals surface area (Å²) in [6.07, 6.45) is -0.303. The van der Waals surface area contributed by atoms with Gasteiger partial charge in [0.05, 0.1) is 0 Å². The summed E-state index contributed by atoms with van der Waals surface area (Å²) in [4.78, 5) is 1.95. The molecule has 20 heavy (non-hydrogen) atoms. The fourth-order valence-electron chi connectivity index (χ4n) is 2.26. The number of nitrogens with zero attached hydrogens (tertiary/aromatic N) is 3. The first-order valence-electron chi connectivity index (χ1n) is 6.59. The van der Waals surface area contributed by atoms with Crippen LogP contribution >= 0.6 is 23.8 Å². The third kappa shape index (κ3) is 2.94. The third-order valence-corrected chi connectivity index (χ3v) is 4.23. The highest BCUT2D eigenvalue weighted by atomic mass is 35.5. The normalized spacial score (nSPS) is 19.6. The first-order chi connectivity index (χ1) is 9.43. The van der Waals surface area contributed by atoms with E-state index in [-0.39, 0.29) is 12.3 Å². The average Bonchev–Trinajstić information content (AvgIpc) is 2.77.